The summed E-state index contributed by atoms with van der Waals surface area (Å²) in [6.45, 7) is 5.95. The summed E-state index contributed by atoms with van der Waals surface area (Å²) in [4.78, 5) is 2.40. The number of nitrogens with zero attached hydrogens (tertiary/aromatic N) is 1. The molecule has 1 fully saturated rings. The molecule has 0 bridgehead atoms. The molecular formula is C15H22F2N2S. The molecule has 5 heteroatoms. The second kappa shape index (κ2) is 6.87. The summed E-state index contributed by atoms with van der Waals surface area (Å²) in [6.07, 6.45) is -2.41. The highest BCUT2D eigenvalue weighted by atomic mass is 32.2. The van der Waals surface area contributed by atoms with E-state index in [9.17, 15) is 8.78 Å². The minimum Gasteiger partial charge on any atom is -0.329 e. The lowest BCUT2D eigenvalue weighted by molar-refractivity contribution is 0.148. The number of nitrogens with two attached hydrogens (primary N) is 1. The van der Waals surface area contributed by atoms with E-state index in [0.717, 1.165) is 17.9 Å². The molecule has 1 saturated heterocycles. The Morgan fingerprint density at radius 1 is 1.25 bits per heavy atom. The first-order valence-corrected chi connectivity index (χ1v) is 8.05. The smallest absolute Gasteiger partial charge is 0.263 e. The Morgan fingerprint density at radius 2 is 1.85 bits per heavy atom. The lowest BCUT2D eigenvalue weighted by Gasteiger charge is -2.42. The van der Waals surface area contributed by atoms with Gasteiger partial charge in [-0.05, 0) is 12.5 Å². The van der Waals surface area contributed by atoms with Gasteiger partial charge in [0.25, 0.3) is 6.43 Å². The zero-order chi connectivity index (χ0) is 14.7. The van der Waals surface area contributed by atoms with Crippen LogP contribution in [-0.4, -0.2) is 35.0 Å². The lowest BCUT2D eigenvalue weighted by Crippen LogP contribution is -2.48. The monoisotopic (exact) mass is 300 g/mol. The van der Waals surface area contributed by atoms with Gasteiger partial charge in [0.1, 0.15) is 0 Å². The van der Waals surface area contributed by atoms with Gasteiger partial charge in [-0.15, -0.1) is 0 Å². The number of halogens is 2. The highest BCUT2D eigenvalue weighted by Crippen LogP contribution is 2.32. The molecule has 0 radical (unpaired) electrons. The molecule has 112 valence electrons. The van der Waals surface area contributed by atoms with Gasteiger partial charge in [0.2, 0.25) is 0 Å². The normalized spacial score (nSPS) is 25.9. The van der Waals surface area contributed by atoms with Crippen LogP contribution in [0.1, 0.15) is 37.4 Å². The van der Waals surface area contributed by atoms with Gasteiger partial charge in [-0.1, -0.05) is 31.2 Å². The van der Waals surface area contributed by atoms with Gasteiger partial charge in [-0.2, -0.15) is 11.8 Å². The summed E-state index contributed by atoms with van der Waals surface area (Å²) in [5.74, 6) is 1.09. The third-order valence-corrected chi connectivity index (χ3v) is 5.47. The Bertz CT molecular complexity index is 424. The van der Waals surface area contributed by atoms with E-state index in [2.05, 4.69) is 18.7 Å². The van der Waals surface area contributed by atoms with Crippen LogP contribution in [0.4, 0.5) is 8.78 Å². The van der Waals surface area contributed by atoms with Gasteiger partial charge in [-0.25, -0.2) is 8.78 Å². The van der Waals surface area contributed by atoms with Gasteiger partial charge in [0.15, 0.2) is 0 Å². The molecule has 0 saturated carbocycles. The quantitative estimate of drug-likeness (QED) is 0.923. The van der Waals surface area contributed by atoms with E-state index < -0.39 is 6.43 Å². The second-order valence-electron chi connectivity index (χ2n) is 5.27. The lowest BCUT2D eigenvalue weighted by atomic mass is 10.0. The maximum absolute atomic E-state index is 12.6. The van der Waals surface area contributed by atoms with Crippen LogP contribution < -0.4 is 5.73 Å². The van der Waals surface area contributed by atoms with Crippen molar-refractivity contribution in [3.8, 4) is 0 Å². The largest absolute Gasteiger partial charge is 0.329 e. The van der Waals surface area contributed by atoms with Crippen LogP contribution in [0.2, 0.25) is 0 Å². The molecule has 1 aromatic carbocycles. The Hall–Kier alpha value is -0.650. The van der Waals surface area contributed by atoms with E-state index in [-0.39, 0.29) is 11.6 Å². The summed E-state index contributed by atoms with van der Waals surface area (Å²) in [5, 5.41) is 0.568. The van der Waals surface area contributed by atoms with Crippen molar-refractivity contribution in [2.24, 2.45) is 5.73 Å². The van der Waals surface area contributed by atoms with Crippen molar-refractivity contribution in [3.63, 3.8) is 0 Å². The molecule has 1 aromatic rings. The van der Waals surface area contributed by atoms with Gasteiger partial charge < -0.3 is 5.73 Å². The van der Waals surface area contributed by atoms with Crippen molar-refractivity contribution in [3.05, 3.63) is 35.4 Å². The van der Waals surface area contributed by atoms with Gasteiger partial charge in [-0.3, -0.25) is 4.90 Å². The molecule has 3 atom stereocenters. The predicted molar refractivity (Wildman–Crippen MR) is 81.3 cm³/mol. The molecule has 0 amide bonds. The minimum atomic E-state index is -2.41. The summed E-state index contributed by atoms with van der Waals surface area (Å²) in [5.41, 5.74) is 7.04. The first-order chi connectivity index (χ1) is 9.54. The van der Waals surface area contributed by atoms with Gasteiger partial charge in [0.05, 0.1) is 0 Å². The fraction of sp³-hybridized carbons (Fsp3) is 0.600. The average Bonchev–Trinajstić information content (AvgIpc) is 2.45. The van der Waals surface area contributed by atoms with Crippen molar-refractivity contribution in [2.75, 3.05) is 18.8 Å². The van der Waals surface area contributed by atoms with Crippen molar-refractivity contribution >= 4 is 11.8 Å². The summed E-state index contributed by atoms with van der Waals surface area (Å²) in [7, 11) is 0. The number of thioether (sulfide) groups is 1. The van der Waals surface area contributed by atoms with E-state index in [1.54, 1.807) is 12.1 Å². The fourth-order valence-electron chi connectivity index (χ4n) is 2.72. The van der Waals surface area contributed by atoms with E-state index in [4.69, 9.17) is 5.73 Å². The topological polar surface area (TPSA) is 29.3 Å². The zero-order valence-corrected chi connectivity index (χ0v) is 12.7. The van der Waals surface area contributed by atoms with Crippen molar-refractivity contribution in [1.82, 2.24) is 4.90 Å². The van der Waals surface area contributed by atoms with Crippen LogP contribution in [0.5, 0.6) is 0 Å². The van der Waals surface area contributed by atoms with E-state index >= 15 is 0 Å². The zero-order valence-electron chi connectivity index (χ0n) is 11.9. The third kappa shape index (κ3) is 3.32. The van der Waals surface area contributed by atoms with Crippen LogP contribution in [0.25, 0.3) is 0 Å². The fourth-order valence-corrected chi connectivity index (χ4v) is 3.85. The highest BCUT2D eigenvalue weighted by Gasteiger charge is 2.30. The molecule has 1 aliphatic rings. The third-order valence-electron chi connectivity index (χ3n) is 4.13. The predicted octanol–water partition coefficient (Wildman–Crippen LogP) is 3.45. The molecule has 2 nitrogen and oxygen atoms in total. The SMILES string of the molecule is CC1SCCN(C(CN)c2ccc(C(F)F)cc2)C1C. The average molecular weight is 300 g/mol. The standard InChI is InChI=1S/C15H22F2N2S/c1-10-11(2)20-8-7-19(10)14(9-18)12-3-5-13(6-4-12)15(16)17/h3-6,10-11,14-15H,7-9,18H2,1-2H3. The Morgan fingerprint density at radius 3 is 2.40 bits per heavy atom. The Labute approximate surface area is 123 Å². The van der Waals surface area contributed by atoms with Crippen LogP contribution in [0.15, 0.2) is 24.3 Å². The van der Waals surface area contributed by atoms with Gasteiger partial charge >= 0.3 is 0 Å². The summed E-state index contributed by atoms with van der Waals surface area (Å²) >= 11 is 1.98. The Kier molecular flexibility index (Phi) is 5.41. The maximum Gasteiger partial charge on any atom is 0.263 e. The number of hydrogen-bond donors (Lipinski definition) is 1. The summed E-state index contributed by atoms with van der Waals surface area (Å²) in [6, 6.07) is 7.15. The number of alkyl halides is 2. The van der Waals surface area contributed by atoms with Gasteiger partial charge in [0, 0.05) is 41.7 Å². The molecule has 0 aromatic heterocycles. The van der Waals surface area contributed by atoms with Crippen LogP contribution >= 0.6 is 11.8 Å². The van der Waals surface area contributed by atoms with Crippen molar-refractivity contribution in [1.29, 1.82) is 0 Å². The maximum atomic E-state index is 12.6. The van der Waals surface area contributed by atoms with E-state index in [0.29, 0.717) is 17.8 Å². The molecule has 20 heavy (non-hydrogen) atoms. The Balaban J connectivity index is 2.18. The van der Waals surface area contributed by atoms with Crippen molar-refractivity contribution < 1.29 is 8.78 Å². The van der Waals surface area contributed by atoms with Crippen LogP contribution in [0.3, 0.4) is 0 Å². The second-order valence-corrected chi connectivity index (χ2v) is 6.76. The summed E-state index contributed by atoms with van der Waals surface area (Å²) < 4.78 is 25.2. The minimum absolute atomic E-state index is 0.0696. The molecule has 1 heterocycles. The molecular weight excluding hydrogens is 278 g/mol. The first kappa shape index (κ1) is 15.7. The molecule has 0 spiro atoms. The first-order valence-electron chi connectivity index (χ1n) is 7.00. The number of benzene rings is 1. The number of hydrogen-bond acceptors (Lipinski definition) is 3. The number of rotatable bonds is 4. The van der Waals surface area contributed by atoms with Crippen LogP contribution in [-0.2, 0) is 0 Å². The highest BCUT2D eigenvalue weighted by molar-refractivity contribution is 8.00. The molecule has 1 aliphatic heterocycles. The van der Waals surface area contributed by atoms with Crippen LogP contribution in [0, 0.1) is 0 Å². The van der Waals surface area contributed by atoms with Crippen molar-refractivity contribution in [2.45, 2.75) is 37.6 Å². The molecule has 0 aliphatic carbocycles. The molecule has 2 rings (SSSR count). The van der Waals surface area contributed by atoms with E-state index in [1.807, 2.05) is 11.8 Å². The molecule has 2 N–H and O–H groups in total. The van der Waals surface area contributed by atoms with E-state index in [1.165, 1.54) is 12.1 Å². The molecule has 3 unspecified atom stereocenters.